The molecule has 19 heavy (non-hydrogen) atoms. The van der Waals surface area contributed by atoms with Crippen LogP contribution in [0, 0.1) is 0 Å². The predicted octanol–water partition coefficient (Wildman–Crippen LogP) is 3.36. The molecule has 12 heteroatoms. The monoisotopic (exact) mass is 322 g/mol. The van der Waals surface area contributed by atoms with Crippen LogP contribution in [-0.4, -0.2) is 36.1 Å². The van der Waals surface area contributed by atoms with Crippen molar-refractivity contribution in [1.29, 1.82) is 0 Å². The molecular weight excluding hydrogens is 312 g/mol. The lowest BCUT2D eigenvalue weighted by Gasteiger charge is -2.28. The minimum absolute atomic E-state index is 0.170. The molecule has 116 valence electrons. The van der Waals surface area contributed by atoms with Crippen LogP contribution < -0.4 is 0 Å². The third-order valence-electron chi connectivity index (χ3n) is 1.68. The standard InChI is InChI=1S/C7H10F7O4P/c1-2-3-17-19(15,16)18-4-5(8,9)6(10,11)7(12,13)14/h2-4H2,1H3,(H,15,16). The summed E-state index contributed by atoms with van der Waals surface area (Å²) >= 11 is 0. The molecule has 0 spiro atoms. The predicted molar refractivity (Wildman–Crippen MR) is 48.0 cm³/mol. The molecule has 0 aromatic carbocycles. The van der Waals surface area contributed by atoms with Crippen molar-refractivity contribution in [3.05, 3.63) is 0 Å². The number of halogens is 7. The first kappa shape index (κ1) is 18.6. The fraction of sp³-hybridized carbons (Fsp3) is 1.00. The van der Waals surface area contributed by atoms with Crippen LogP contribution in [0.3, 0.4) is 0 Å². The summed E-state index contributed by atoms with van der Waals surface area (Å²) in [6.45, 7) is -1.57. The van der Waals surface area contributed by atoms with Gasteiger partial charge in [0.15, 0.2) is 0 Å². The van der Waals surface area contributed by atoms with Gasteiger partial charge in [0.05, 0.1) is 6.61 Å². The highest BCUT2D eigenvalue weighted by atomic mass is 31.2. The second-order valence-electron chi connectivity index (χ2n) is 3.35. The Balaban J connectivity index is 4.76. The Labute approximate surface area is 103 Å². The lowest BCUT2D eigenvalue weighted by Crippen LogP contribution is -2.54. The van der Waals surface area contributed by atoms with Crippen molar-refractivity contribution in [3.63, 3.8) is 0 Å². The molecule has 0 heterocycles. The van der Waals surface area contributed by atoms with E-state index in [1.54, 1.807) is 0 Å². The van der Waals surface area contributed by atoms with E-state index in [1.807, 2.05) is 0 Å². The number of alkyl halides is 7. The Morgan fingerprint density at radius 2 is 1.53 bits per heavy atom. The van der Waals surface area contributed by atoms with E-state index in [2.05, 4.69) is 9.05 Å². The van der Waals surface area contributed by atoms with Gasteiger partial charge < -0.3 is 4.89 Å². The van der Waals surface area contributed by atoms with E-state index in [4.69, 9.17) is 4.89 Å². The van der Waals surface area contributed by atoms with Crippen molar-refractivity contribution in [1.82, 2.24) is 0 Å². The smallest absolute Gasteiger partial charge is 0.302 e. The van der Waals surface area contributed by atoms with Crippen LogP contribution in [0.15, 0.2) is 0 Å². The number of rotatable bonds is 7. The van der Waals surface area contributed by atoms with Crippen molar-refractivity contribution >= 4 is 7.82 Å². The van der Waals surface area contributed by atoms with Gasteiger partial charge in [-0.3, -0.25) is 9.05 Å². The average molecular weight is 322 g/mol. The molecule has 4 nitrogen and oxygen atoms in total. The summed E-state index contributed by atoms with van der Waals surface area (Å²) in [5, 5.41) is 0. The van der Waals surface area contributed by atoms with Crippen LogP contribution in [-0.2, 0) is 13.6 Å². The van der Waals surface area contributed by atoms with Gasteiger partial charge >= 0.3 is 25.8 Å². The summed E-state index contributed by atoms with van der Waals surface area (Å²) in [4.78, 5) is 8.73. The summed E-state index contributed by atoms with van der Waals surface area (Å²) in [7, 11) is -5.11. The number of phosphoric ester groups is 1. The highest BCUT2D eigenvalue weighted by Gasteiger charge is 2.73. The van der Waals surface area contributed by atoms with E-state index in [9.17, 15) is 35.3 Å². The molecule has 1 unspecified atom stereocenters. The molecule has 0 rings (SSSR count). The fourth-order valence-corrected chi connectivity index (χ4v) is 1.52. The highest BCUT2D eigenvalue weighted by Crippen LogP contribution is 2.50. The average Bonchev–Trinajstić information content (AvgIpc) is 2.22. The van der Waals surface area contributed by atoms with Crippen molar-refractivity contribution in [3.8, 4) is 0 Å². The van der Waals surface area contributed by atoms with Gasteiger partial charge in [0, 0.05) is 0 Å². The van der Waals surface area contributed by atoms with Crippen molar-refractivity contribution in [2.45, 2.75) is 31.4 Å². The second-order valence-corrected chi connectivity index (χ2v) is 4.81. The Kier molecular flexibility index (Phi) is 5.82. The molecule has 0 amide bonds. The molecule has 0 radical (unpaired) electrons. The molecule has 1 N–H and O–H groups in total. The molecule has 0 saturated heterocycles. The molecule has 0 aromatic heterocycles. The van der Waals surface area contributed by atoms with Crippen LogP contribution in [0.4, 0.5) is 30.7 Å². The van der Waals surface area contributed by atoms with Crippen LogP contribution >= 0.6 is 7.82 Å². The summed E-state index contributed by atoms with van der Waals surface area (Å²) in [5.74, 6) is -12.1. The molecule has 0 aromatic rings. The van der Waals surface area contributed by atoms with Crippen LogP contribution in [0.5, 0.6) is 0 Å². The van der Waals surface area contributed by atoms with Crippen molar-refractivity contribution in [2.75, 3.05) is 13.2 Å². The molecule has 0 aliphatic rings. The lowest BCUT2D eigenvalue weighted by molar-refractivity contribution is -0.358. The van der Waals surface area contributed by atoms with Crippen LogP contribution in [0.25, 0.3) is 0 Å². The third kappa shape index (κ3) is 4.90. The topological polar surface area (TPSA) is 55.8 Å². The van der Waals surface area contributed by atoms with Crippen LogP contribution in [0.1, 0.15) is 13.3 Å². The second kappa shape index (κ2) is 5.94. The molecular formula is C7H10F7O4P. The van der Waals surface area contributed by atoms with Crippen LogP contribution in [0.2, 0.25) is 0 Å². The third-order valence-corrected chi connectivity index (χ3v) is 2.65. The van der Waals surface area contributed by atoms with Crippen molar-refractivity contribution < 1.29 is 49.2 Å². The number of hydrogen-bond donors (Lipinski definition) is 1. The zero-order chi connectivity index (χ0) is 15.5. The molecule has 1 atom stereocenters. The van der Waals surface area contributed by atoms with Gasteiger partial charge in [-0.1, -0.05) is 6.92 Å². The minimum atomic E-state index is -6.52. The van der Waals surface area contributed by atoms with E-state index >= 15 is 0 Å². The first-order chi connectivity index (χ1) is 8.27. The van der Waals surface area contributed by atoms with Gasteiger partial charge in [-0.05, 0) is 6.42 Å². The normalized spacial score (nSPS) is 17.3. The summed E-state index contributed by atoms with van der Waals surface area (Å²) in [5.41, 5.74) is 0. The Bertz CT molecular complexity index is 343. The minimum Gasteiger partial charge on any atom is -0.302 e. The Morgan fingerprint density at radius 1 is 1.05 bits per heavy atom. The summed E-state index contributed by atoms with van der Waals surface area (Å²) < 4.78 is 103. The quantitative estimate of drug-likeness (QED) is 0.577. The van der Waals surface area contributed by atoms with Gasteiger partial charge in [-0.25, -0.2) is 4.57 Å². The van der Waals surface area contributed by atoms with E-state index < -0.39 is 39.1 Å². The first-order valence-corrected chi connectivity index (χ1v) is 6.20. The lowest BCUT2D eigenvalue weighted by atomic mass is 10.2. The molecule has 0 aliphatic carbocycles. The van der Waals surface area contributed by atoms with E-state index in [0.29, 0.717) is 0 Å². The van der Waals surface area contributed by atoms with Gasteiger partial charge in [0.1, 0.15) is 6.61 Å². The largest absolute Gasteiger partial charge is 0.472 e. The van der Waals surface area contributed by atoms with Gasteiger partial charge in [0.25, 0.3) is 0 Å². The highest BCUT2D eigenvalue weighted by molar-refractivity contribution is 7.47. The number of phosphoric acid groups is 1. The first-order valence-electron chi connectivity index (χ1n) is 4.71. The fourth-order valence-electron chi connectivity index (χ4n) is 0.705. The molecule has 0 fully saturated rings. The molecule has 0 saturated carbocycles. The zero-order valence-electron chi connectivity index (χ0n) is 9.39. The maximum atomic E-state index is 12.7. The summed E-state index contributed by atoms with van der Waals surface area (Å²) in [6.07, 6.45) is -6.35. The zero-order valence-corrected chi connectivity index (χ0v) is 10.3. The van der Waals surface area contributed by atoms with Gasteiger partial charge in [0.2, 0.25) is 0 Å². The van der Waals surface area contributed by atoms with E-state index in [1.165, 1.54) is 6.92 Å². The Morgan fingerprint density at radius 3 is 1.89 bits per heavy atom. The van der Waals surface area contributed by atoms with Gasteiger partial charge in [-0.15, -0.1) is 0 Å². The van der Waals surface area contributed by atoms with Crippen molar-refractivity contribution in [2.24, 2.45) is 0 Å². The Hall–Kier alpha value is -0.380. The molecule has 0 aliphatic heterocycles. The van der Waals surface area contributed by atoms with E-state index in [-0.39, 0.29) is 6.42 Å². The maximum absolute atomic E-state index is 12.7. The molecule has 0 bridgehead atoms. The number of hydrogen-bond acceptors (Lipinski definition) is 3. The summed E-state index contributed by atoms with van der Waals surface area (Å²) in [6, 6.07) is 0. The van der Waals surface area contributed by atoms with E-state index in [0.717, 1.165) is 0 Å². The van der Waals surface area contributed by atoms with Gasteiger partial charge in [-0.2, -0.15) is 30.7 Å². The maximum Gasteiger partial charge on any atom is 0.472 e. The SMILES string of the molecule is CCCOP(=O)(O)OCC(F)(F)C(F)(F)C(F)(F)F.